The zero-order valence-electron chi connectivity index (χ0n) is 25.3. The fraction of sp³-hybridized carbons (Fsp3) is 0. The third-order valence-electron chi connectivity index (χ3n) is 4.57. The smallest absolute Gasteiger partial charge is 0.144 e. The third-order valence-corrected chi connectivity index (χ3v) is 8.86. The van der Waals surface area contributed by atoms with E-state index in [9.17, 15) is 0 Å². The minimum absolute atomic E-state index is 0. The molecule has 16 unspecified atom stereocenters. The van der Waals surface area contributed by atoms with Crippen LogP contribution in [0.3, 0.4) is 0 Å². The summed E-state index contributed by atoms with van der Waals surface area (Å²) in [6, 6.07) is 43.8. The van der Waals surface area contributed by atoms with Crippen molar-refractivity contribution in [2.24, 2.45) is 0 Å². The lowest BCUT2D eigenvalue weighted by molar-refractivity contribution is 1.71. The zero-order valence-corrected chi connectivity index (χ0v) is 48.8. The van der Waals surface area contributed by atoms with Gasteiger partial charge in [-0.3, -0.25) is 0 Å². The number of rotatable bonds is 4. The predicted octanol–water partition coefficient (Wildman–Crippen LogP) is 5.24. The number of hydrogen-bond donors (Lipinski definition) is 0. The Kier molecular flexibility index (Phi) is 96.2. The standard InChI is InChI=1S/C24H20P.16H3P/c1-5-13-21(14-6-1)25(22-15-7-2-8-16-22,23-17-9-3-10-18-23)24-19-11-4-12-20-24;;;;;;;;;;;;;;;;/h1-20H;16*1H3/q+1;;;;;;;;;;;;;;;;. The van der Waals surface area contributed by atoms with Gasteiger partial charge in [-0.2, -0.15) is 158 Å². The predicted molar refractivity (Wildman–Crippen MR) is 289 cm³/mol. The van der Waals surface area contributed by atoms with Gasteiger partial charge in [-0.1, -0.05) is 72.8 Å². The average Bonchev–Trinajstić information content (AvgIpc) is 2.72. The molecule has 0 saturated heterocycles. The number of hydrogen-bond acceptors (Lipinski definition) is 0. The molecule has 0 fully saturated rings. The van der Waals surface area contributed by atoms with Gasteiger partial charge in [0.15, 0.2) is 0 Å². The maximum Gasteiger partial charge on any atom is 0.144 e. The Morgan fingerprint density at radius 1 is 0.195 bits per heavy atom. The van der Waals surface area contributed by atoms with Crippen molar-refractivity contribution >= 4 is 187 Å². The van der Waals surface area contributed by atoms with Crippen LogP contribution in [0.5, 0.6) is 0 Å². The Morgan fingerprint density at radius 2 is 0.317 bits per heavy atom. The van der Waals surface area contributed by atoms with E-state index in [1.54, 1.807) is 0 Å². The molecule has 0 aromatic heterocycles. The molecule has 0 bridgehead atoms. The van der Waals surface area contributed by atoms with Crippen LogP contribution >= 0.6 is 166 Å². The van der Waals surface area contributed by atoms with E-state index in [0.717, 1.165) is 0 Å². The first-order valence-electron chi connectivity index (χ1n) is 8.54. The Balaban J connectivity index is -0.0000000445. The highest BCUT2D eigenvalue weighted by Crippen LogP contribution is 2.53. The molecule has 4 aromatic carbocycles. The first kappa shape index (κ1) is 85.2. The summed E-state index contributed by atoms with van der Waals surface area (Å²) in [5.74, 6) is 0. The molecule has 248 valence electrons. The highest BCUT2D eigenvalue weighted by molar-refractivity contribution is 8.01. The van der Waals surface area contributed by atoms with Crippen LogP contribution in [0.25, 0.3) is 0 Å². The van der Waals surface area contributed by atoms with Gasteiger partial charge in [-0.25, -0.2) is 0 Å². The summed E-state index contributed by atoms with van der Waals surface area (Å²) in [6.45, 7) is 0. The van der Waals surface area contributed by atoms with Gasteiger partial charge in [0.1, 0.15) is 28.5 Å². The van der Waals surface area contributed by atoms with Gasteiger partial charge in [0.2, 0.25) is 0 Å². The minimum atomic E-state index is -1.91. The monoisotopic (exact) mass is 883 g/mol. The molecule has 0 heterocycles. The van der Waals surface area contributed by atoms with E-state index in [-0.39, 0.29) is 158 Å². The molecule has 41 heavy (non-hydrogen) atoms. The van der Waals surface area contributed by atoms with E-state index in [1.165, 1.54) is 21.2 Å². The fourth-order valence-corrected chi connectivity index (χ4v) is 7.77. The molecule has 0 radical (unpaired) electrons. The van der Waals surface area contributed by atoms with Crippen LogP contribution in [-0.4, -0.2) is 0 Å². The summed E-state index contributed by atoms with van der Waals surface area (Å²) >= 11 is 0. The molecule has 16 atom stereocenters. The quantitative estimate of drug-likeness (QED) is 0.247. The highest BCUT2D eigenvalue weighted by atomic mass is 31.2. The normalized spacial score (nSPS) is 6.83. The van der Waals surface area contributed by atoms with Crippen molar-refractivity contribution in [3.8, 4) is 0 Å². The maximum atomic E-state index is 2.28. The molecular weight excluding hydrogens is 815 g/mol. The van der Waals surface area contributed by atoms with Gasteiger partial charge in [-0.15, -0.1) is 0 Å². The molecular formula is C24H68P17+. The maximum absolute atomic E-state index is 2.28. The molecule has 0 aliphatic carbocycles. The molecule has 0 saturated carbocycles. The van der Waals surface area contributed by atoms with Gasteiger partial charge in [0.25, 0.3) is 0 Å². The van der Waals surface area contributed by atoms with Gasteiger partial charge in [0, 0.05) is 0 Å². The van der Waals surface area contributed by atoms with Gasteiger partial charge in [0.05, 0.1) is 0 Å². The molecule has 0 N–H and O–H groups in total. The van der Waals surface area contributed by atoms with Crippen LogP contribution in [0.2, 0.25) is 0 Å². The Hall–Kier alpha value is 4.19. The van der Waals surface area contributed by atoms with Crippen molar-refractivity contribution in [3.05, 3.63) is 121 Å². The van der Waals surface area contributed by atoms with E-state index in [0.29, 0.717) is 0 Å². The van der Waals surface area contributed by atoms with E-state index in [1.807, 2.05) is 0 Å². The van der Waals surface area contributed by atoms with Crippen molar-refractivity contribution in [1.82, 2.24) is 0 Å². The summed E-state index contributed by atoms with van der Waals surface area (Å²) in [5, 5.41) is 5.55. The van der Waals surface area contributed by atoms with Crippen molar-refractivity contribution in [3.63, 3.8) is 0 Å². The average molecular weight is 883 g/mol. The molecule has 17 heteroatoms. The summed E-state index contributed by atoms with van der Waals surface area (Å²) in [6.07, 6.45) is 0. The topological polar surface area (TPSA) is 0 Å². The van der Waals surface area contributed by atoms with Gasteiger partial charge < -0.3 is 0 Å². The lowest BCUT2D eigenvalue weighted by Crippen LogP contribution is -2.38. The van der Waals surface area contributed by atoms with Crippen molar-refractivity contribution in [1.29, 1.82) is 0 Å². The molecule has 0 nitrogen and oxygen atoms in total. The van der Waals surface area contributed by atoms with Crippen molar-refractivity contribution < 1.29 is 0 Å². The molecule has 4 aromatic rings. The Labute approximate surface area is 306 Å². The molecule has 0 amide bonds. The second-order valence-corrected chi connectivity index (χ2v) is 9.42. The first-order valence-corrected chi connectivity index (χ1v) is 10.3. The van der Waals surface area contributed by atoms with E-state index >= 15 is 0 Å². The van der Waals surface area contributed by atoms with Crippen LogP contribution in [-0.2, 0) is 0 Å². The Morgan fingerprint density at radius 3 is 0.439 bits per heavy atom. The van der Waals surface area contributed by atoms with Crippen LogP contribution in [0.4, 0.5) is 0 Å². The zero-order chi connectivity index (χ0) is 17.0. The fourth-order valence-electron chi connectivity index (χ4n) is 3.50. The van der Waals surface area contributed by atoms with Crippen molar-refractivity contribution in [2.75, 3.05) is 0 Å². The minimum Gasteiger partial charge on any atom is -0.153 e. The summed E-state index contributed by atoms with van der Waals surface area (Å²) in [7, 11) is -1.91. The summed E-state index contributed by atoms with van der Waals surface area (Å²) < 4.78 is 0. The molecule has 0 aliphatic heterocycles. The van der Waals surface area contributed by atoms with Crippen molar-refractivity contribution in [2.45, 2.75) is 0 Å². The van der Waals surface area contributed by atoms with Crippen LogP contribution in [0.15, 0.2) is 121 Å². The largest absolute Gasteiger partial charge is 0.153 e. The molecule has 0 spiro atoms. The summed E-state index contributed by atoms with van der Waals surface area (Å²) in [4.78, 5) is 0. The summed E-state index contributed by atoms with van der Waals surface area (Å²) in [5.41, 5.74) is 0. The van der Waals surface area contributed by atoms with E-state index in [4.69, 9.17) is 0 Å². The third kappa shape index (κ3) is 21.7. The van der Waals surface area contributed by atoms with Gasteiger partial charge >= 0.3 is 0 Å². The lowest BCUT2D eigenvalue weighted by Gasteiger charge is -2.27. The van der Waals surface area contributed by atoms with Crippen LogP contribution in [0, 0.1) is 0 Å². The Bertz CT molecular complexity index is 787. The first-order chi connectivity index (χ1) is 12.4. The SMILES string of the molecule is P.P.P.P.P.P.P.P.P.P.P.P.P.P.P.P.c1ccc([P+](c2ccccc2)(c2ccccc2)c2ccccc2)cc1. The van der Waals surface area contributed by atoms with Crippen LogP contribution < -0.4 is 21.2 Å². The molecule has 0 aliphatic rings. The highest BCUT2D eigenvalue weighted by Gasteiger charge is 2.47. The van der Waals surface area contributed by atoms with E-state index < -0.39 is 7.26 Å². The second kappa shape index (κ2) is 46.3. The van der Waals surface area contributed by atoms with E-state index in [2.05, 4.69) is 121 Å². The lowest BCUT2D eigenvalue weighted by atomic mass is 10.3. The second-order valence-electron chi connectivity index (χ2n) is 6.01. The van der Waals surface area contributed by atoms with Gasteiger partial charge in [-0.05, 0) is 48.5 Å². The molecule has 4 rings (SSSR count). The van der Waals surface area contributed by atoms with Crippen LogP contribution in [0.1, 0.15) is 0 Å². The number of benzene rings is 4.